The second-order valence-electron chi connectivity index (χ2n) is 6.54. The molecular weight excluding hydrogens is 486 g/mol. The van der Waals surface area contributed by atoms with Crippen LogP contribution in [0.2, 0.25) is 20.1 Å². The lowest BCUT2D eigenvalue weighted by molar-refractivity contribution is 0.0527. The van der Waals surface area contributed by atoms with Gasteiger partial charge in [0.05, 0.1) is 32.3 Å². The van der Waals surface area contributed by atoms with E-state index in [1.807, 2.05) is 0 Å². The zero-order chi connectivity index (χ0) is 22.4. The van der Waals surface area contributed by atoms with Crippen LogP contribution in [0, 0.1) is 0 Å². The maximum Gasteiger partial charge on any atom is 0.340 e. The van der Waals surface area contributed by atoms with Crippen molar-refractivity contribution in [2.45, 2.75) is 6.92 Å². The van der Waals surface area contributed by atoms with Crippen molar-refractivity contribution in [3.63, 3.8) is 0 Å². The Morgan fingerprint density at radius 2 is 1.68 bits per heavy atom. The van der Waals surface area contributed by atoms with E-state index in [0.29, 0.717) is 16.5 Å². The molecular formula is C22H12Cl4O5. The highest BCUT2D eigenvalue weighted by molar-refractivity contribution is 6.54. The number of aromatic hydroxyl groups is 1. The highest BCUT2D eigenvalue weighted by atomic mass is 35.5. The Morgan fingerprint density at radius 1 is 0.968 bits per heavy atom. The van der Waals surface area contributed by atoms with Crippen LogP contribution in [0.25, 0.3) is 33.4 Å². The minimum atomic E-state index is -0.746. The van der Waals surface area contributed by atoms with Crippen molar-refractivity contribution in [2.75, 3.05) is 6.61 Å². The molecule has 2 aromatic carbocycles. The van der Waals surface area contributed by atoms with E-state index in [0.717, 1.165) is 0 Å². The van der Waals surface area contributed by atoms with Gasteiger partial charge < -0.3 is 14.3 Å². The van der Waals surface area contributed by atoms with Gasteiger partial charge in [-0.2, -0.15) is 0 Å². The Bertz CT molecular complexity index is 1390. The van der Waals surface area contributed by atoms with Crippen LogP contribution in [0.3, 0.4) is 0 Å². The monoisotopic (exact) mass is 496 g/mol. The third-order valence-corrected chi connectivity index (χ3v) is 6.48. The van der Waals surface area contributed by atoms with Gasteiger partial charge in [-0.1, -0.05) is 46.4 Å². The van der Waals surface area contributed by atoms with Crippen LogP contribution >= 0.6 is 46.4 Å². The number of carbonyl (C=O) groups excluding carboxylic acids is 1. The molecule has 2 aliphatic rings. The van der Waals surface area contributed by atoms with Gasteiger partial charge in [-0.05, 0) is 31.2 Å². The first kappa shape index (κ1) is 21.8. The van der Waals surface area contributed by atoms with Gasteiger partial charge in [0.1, 0.15) is 17.1 Å². The van der Waals surface area contributed by atoms with Crippen LogP contribution in [-0.2, 0) is 4.74 Å². The summed E-state index contributed by atoms with van der Waals surface area (Å²) in [5.74, 6) is -0.582. The molecule has 5 nitrogen and oxygen atoms in total. The second-order valence-corrected chi connectivity index (χ2v) is 8.05. The van der Waals surface area contributed by atoms with Crippen molar-refractivity contribution < 1.29 is 19.1 Å². The Balaban J connectivity index is 2.26. The van der Waals surface area contributed by atoms with Crippen molar-refractivity contribution in [2.24, 2.45) is 0 Å². The number of halogens is 4. The van der Waals surface area contributed by atoms with Crippen molar-refractivity contribution >= 4 is 63.3 Å². The van der Waals surface area contributed by atoms with E-state index in [-0.39, 0.29) is 60.3 Å². The zero-order valence-corrected chi connectivity index (χ0v) is 18.8. The zero-order valence-electron chi connectivity index (χ0n) is 15.8. The SMILES string of the molecule is CCOC(=O)c1c(Cl)c(Cl)c(Cl)c(Cl)c1-c1c2ccc(=O)cc-2oc2cc(O)ccc12. The molecule has 31 heavy (non-hydrogen) atoms. The van der Waals surface area contributed by atoms with Crippen LogP contribution in [0.4, 0.5) is 0 Å². The Labute approximate surface area is 196 Å². The molecule has 9 heteroatoms. The lowest BCUT2D eigenvalue weighted by atomic mass is 9.90. The molecule has 0 amide bonds. The molecule has 0 spiro atoms. The second kappa shape index (κ2) is 8.24. The van der Waals surface area contributed by atoms with Crippen LogP contribution in [-0.4, -0.2) is 17.7 Å². The summed E-state index contributed by atoms with van der Waals surface area (Å²) in [5, 5.41) is 10.1. The minimum Gasteiger partial charge on any atom is -0.508 e. The van der Waals surface area contributed by atoms with Crippen molar-refractivity contribution in [1.82, 2.24) is 0 Å². The molecule has 1 N–H and O–H groups in total. The molecule has 2 aromatic rings. The number of esters is 1. The molecule has 0 aromatic heterocycles. The molecule has 1 aliphatic heterocycles. The van der Waals surface area contributed by atoms with Gasteiger partial charge in [0.2, 0.25) is 0 Å². The van der Waals surface area contributed by atoms with E-state index in [1.165, 1.54) is 24.3 Å². The van der Waals surface area contributed by atoms with Gasteiger partial charge in [-0.3, -0.25) is 4.79 Å². The lowest BCUT2D eigenvalue weighted by Crippen LogP contribution is -2.10. The van der Waals surface area contributed by atoms with Gasteiger partial charge in [-0.15, -0.1) is 0 Å². The molecule has 0 radical (unpaired) electrons. The fourth-order valence-electron chi connectivity index (χ4n) is 3.39. The van der Waals surface area contributed by atoms with Crippen molar-refractivity contribution in [3.8, 4) is 28.2 Å². The number of carbonyl (C=O) groups is 1. The van der Waals surface area contributed by atoms with Gasteiger partial charge in [0, 0.05) is 34.2 Å². The van der Waals surface area contributed by atoms with Crippen molar-refractivity contribution in [3.05, 3.63) is 72.3 Å². The molecule has 158 valence electrons. The average molecular weight is 498 g/mol. The first-order valence-corrected chi connectivity index (χ1v) is 10.5. The Hall–Kier alpha value is -2.44. The fraction of sp³-hybridized carbons (Fsp3) is 0.0909. The molecule has 0 saturated carbocycles. The number of phenolic OH excluding ortho intramolecular Hbond substituents is 1. The number of benzene rings is 3. The van der Waals surface area contributed by atoms with Crippen LogP contribution in [0.5, 0.6) is 5.75 Å². The summed E-state index contributed by atoms with van der Waals surface area (Å²) in [6, 6.07) is 8.61. The molecule has 4 rings (SSSR count). The number of rotatable bonds is 3. The molecule has 0 saturated heterocycles. The maximum atomic E-state index is 12.9. The third-order valence-electron chi connectivity index (χ3n) is 4.67. The number of phenols is 1. The van der Waals surface area contributed by atoms with Crippen LogP contribution < -0.4 is 5.43 Å². The van der Waals surface area contributed by atoms with E-state index in [9.17, 15) is 14.7 Å². The Morgan fingerprint density at radius 3 is 2.39 bits per heavy atom. The van der Waals surface area contributed by atoms with Crippen LogP contribution in [0.1, 0.15) is 17.3 Å². The van der Waals surface area contributed by atoms with E-state index >= 15 is 0 Å². The quantitative estimate of drug-likeness (QED) is 0.142. The lowest BCUT2D eigenvalue weighted by Gasteiger charge is -2.20. The van der Waals surface area contributed by atoms with E-state index < -0.39 is 5.97 Å². The normalized spacial score (nSPS) is 11.3. The standard InChI is InChI=1S/C22H12Cl4O5/c1-2-30-22(29)17-16(18(23)20(25)21(26)19(17)24)15-11-5-3-9(27)7-13(11)31-14-8-10(28)4-6-12(14)15/h3-8,27H,2H2,1H3. The van der Waals surface area contributed by atoms with E-state index in [1.54, 1.807) is 19.1 Å². The maximum absolute atomic E-state index is 12.9. The first-order valence-electron chi connectivity index (χ1n) is 8.97. The molecule has 0 atom stereocenters. The van der Waals surface area contributed by atoms with Gasteiger partial charge in [-0.25, -0.2) is 4.79 Å². The predicted molar refractivity (Wildman–Crippen MR) is 122 cm³/mol. The summed E-state index contributed by atoms with van der Waals surface area (Å²) in [7, 11) is 0. The number of ether oxygens (including phenoxy) is 1. The summed E-state index contributed by atoms with van der Waals surface area (Å²) in [5.41, 5.74) is 0.960. The van der Waals surface area contributed by atoms with Crippen molar-refractivity contribution in [1.29, 1.82) is 0 Å². The summed E-state index contributed by atoms with van der Waals surface area (Å²) in [4.78, 5) is 24.8. The fourth-order valence-corrected chi connectivity index (χ4v) is 4.41. The largest absolute Gasteiger partial charge is 0.508 e. The van der Waals surface area contributed by atoms with E-state index in [2.05, 4.69) is 0 Å². The van der Waals surface area contributed by atoms with Gasteiger partial charge in [0.15, 0.2) is 5.43 Å². The summed E-state index contributed by atoms with van der Waals surface area (Å²) in [6.07, 6.45) is 0. The molecule has 1 heterocycles. The highest BCUT2D eigenvalue weighted by Crippen LogP contribution is 2.50. The van der Waals surface area contributed by atoms with E-state index in [4.69, 9.17) is 55.6 Å². The van der Waals surface area contributed by atoms with Gasteiger partial charge >= 0.3 is 5.97 Å². The van der Waals surface area contributed by atoms with Crippen LogP contribution in [0.15, 0.2) is 45.6 Å². The minimum absolute atomic E-state index is 0.0211. The number of hydrogen-bond acceptors (Lipinski definition) is 5. The Kier molecular flexibility index (Phi) is 5.79. The summed E-state index contributed by atoms with van der Waals surface area (Å²) < 4.78 is 11.0. The smallest absolute Gasteiger partial charge is 0.340 e. The molecule has 0 fully saturated rings. The first-order chi connectivity index (χ1) is 14.7. The third kappa shape index (κ3) is 3.62. The topological polar surface area (TPSA) is 76.7 Å². The summed E-state index contributed by atoms with van der Waals surface area (Å²) >= 11 is 25.6. The van der Waals surface area contributed by atoms with Gasteiger partial charge in [0.25, 0.3) is 0 Å². The average Bonchev–Trinajstić information content (AvgIpc) is 2.73. The number of fused-ring (bicyclic) bond motifs is 2. The molecule has 0 bridgehead atoms. The molecule has 1 aliphatic carbocycles. The number of hydrogen-bond donors (Lipinski definition) is 1. The highest BCUT2D eigenvalue weighted by Gasteiger charge is 2.30. The summed E-state index contributed by atoms with van der Waals surface area (Å²) in [6.45, 7) is 1.74. The molecule has 0 unspecified atom stereocenters. The predicted octanol–water partition coefficient (Wildman–Crippen LogP) is 7.06.